The molecule has 1 amide bonds. The van der Waals surface area contributed by atoms with E-state index in [9.17, 15) is 9.18 Å². The highest BCUT2D eigenvalue weighted by molar-refractivity contribution is 6.31. The quantitative estimate of drug-likeness (QED) is 0.794. The molecular formula is C13H12ClFN4O. The van der Waals surface area contributed by atoms with Crippen LogP contribution in [0.4, 0.5) is 10.1 Å². The Labute approximate surface area is 119 Å². The van der Waals surface area contributed by atoms with Gasteiger partial charge in [0.1, 0.15) is 5.82 Å². The van der Waals surface area contributed by atoms with Crippen molar-refractivity contribution in [1.29, 1.82) is 0 Å². The van der Waals surface area contributed by atoms with E-state index in [0.29, 0.717) is 17.9 Å². The van der Waals surface area contributed by atoms with Crippen LogP contribution in [-0.2, 0) is 13.0 Å². The number of carbonyl (C=O) groups excluding carboxylic acids is 1. The average molecular weight is 295 g/mol. The summed E-state index contributed by atoms with van der Waals surface area (Å²) in [5.74, 6) is -0.861. The molecule has 2 aromatic rings. The van der Waals surface area contributed by atoms with Crippen LogP contribution >= 0.6 is 11.6 Å². The van der Waals surface area contributed by atoms with Crippen LogP contribution in [0.15, 0.2) is 18.2 Å². The Balaban J connectivity index is 1.82. The molecular weight excluding hydrogens is 283 g/mol. The van der Waals surface area contributed by atoms with E-state index in [4.69, 9.17) is 11.6 Å². The summed E-state index contributed by atoms with van der Waals surface area (Å²) >= 11 is 5.68. The van der Waals surface area contributed by atoms with Crippen LogP contribution in [-0.4, -0.2) is 22.6 Å². The molecule has 3 N–H and O–H groups in total. The van der Waals surface area contributed by atoms with E-state index in [-0.39, 0.29) is 10.9 Å². The third-order valence-electron chi connectivity index (χ3n) is 3.20. The SMILES string of the molecule is O=C(Nc1ccc(F)c(Cl)c1)c1n[nH]c2c1CNCC2. The molecule has 7 heteroatoms. The number of H-pyrrole nitrogens is 1. The summed E-state index contributed by atoms with van der Waals surface area (Å²) in [5.41, 5.74) is 2.64. The summed E-state index contributed by atoms with van der Waals surface area (Å²) in [4.78, 5) is 12.2. The standard InChI is InChI=1S/C13H12ClFN4O/c14-9-5-7(1-2-10(9)15)17-13(20)12-8-6-16-4-3-11(8)18-19-12/h1-2,5,16H,3-4,6H2,(H,17,20)(H,18,19). The molecule has 0 saturated heterocycles. The molecule has 1 aromatic carbocycles. The smallest absolute Gasteiger partial charge is 0.276 e. The van der Waals surface area contributed by atoms with Gasteiger partial charge in [0.05, 0.1) is 5.02 Å². The Kier molecular flexibility index (Phi) is 3.42. The number of anilines is 1. The molecule has 0 aliphatic carbocycles. The fourth-order valence-electron chi connectivity index (χ4n) is 2.18. The Morgan fingerprint density at radius 3 is 3.10 bits per heavy atom. The van der Waals surface area contributed by atoms with Crippen LogP contribution in [0.3, 0.4) is 0 Å². The van der Waals surface area contributed by atoms with E-state index in [0.717, 1.165) is 24.2 Å². The third-order valence-corrected chi connectivity index (χ3v) is 3.49. The lowest BCUT2D eigenvalue weighted by Gasteiger charge is -2.12. The largest absolute Gasteiger partial charge is 0.321 e. The van der Waals surface area contributed by atoms with E-state index < -0.39 is 5.82 Å². The second kappa shape index (κ2) is 5.22. The van der Waals surface area contributed by atoms with Crippen molar-refractivity contribution in [3.8, 4) is 0 Å². The second-order valence-corrected chi connectivity index (χ2v) is 4.95. The maximum atomic E-state index is 13.1. The number of carbonyl (C=O) groups is 1. The summed E-state index contributed by atoms with van der Waals surface area (Å²) in [7, 11) is 0. The van der Waals surface area contributed by atoms with Crippen molar-refractivity contribution in [2.24, 2.45) is 0 Å². The number of aromatic amines is 1. The highest BCUT2D eigenvalue weighted by atomic mass is 35.5. The molecule has 0 radical (unpaired) electrons. The molecule has 20 heavy (non-hydrogen) atoms. The first kappa shape index (κ1) is 13.1. The van der Waals surface area contributed by atoms with Crippen LogP contribution in [0, 0.1) is 5.82 Å². The lowest BCUT2D eigenvalue weighted by atomic mass is 10.1. The summed E-state index contributed by atoms with van der Waals surface area (Å²) in [6, 6.07) is 4.03. The van der Waals surface area contributed by atoms with Crippen molar-refractivity contribution in [3.63, 3.8) is 0 Å². The van der Waals surface area contributed by atoms with Gasteiger partial charge < -0.3 is 10.6 Å². The first-order valence-electron chi connectivity index (χ1n) is 6.18. The number of rotatable bonds is 2. The van der Waals surface area contributed by atoms with Gasteiger partial charge in [-0.05, 0) is 18.2 Å². The van der Waals surface area contributed by atoms with Crippen LogP contribution in [0.25, 0.3) is 0 Å². The molecule has 0 fully saturated rings. The number of fused-ring (bicyclic) bond motifs is 1. The normalized spacial score (nSPS) is 13.9. The minimum absolute atomic E-state index is 0.0338. The number of hydrogen-bond donors (Lipinski definition) is 3. The topological polar surface area (TPSA) is 69.8 Å². The number of hydrogen-bond acceptors (Lipinski definition) is 3. The highest BCUT2D eigenvalue weighted by Gasteiger charge is 2.21. The molecule has 0 bridgehead atoms. The van der Waals surface area contributed by atoms with Crippen LogP contribution in [0.5, 0.6) is 0 Å². The first-order chi connectivity index (χ1) is 9.65. The molecule has 0 atom stereocenters. The maximum Gasteiger partial charge on any atom is 0.276 e. The van der Waals surface area contributed by atoms with Gasteiger partial charge in [-0.25, -0.2) is 4.39 Å². The molecule has 104 valence electrons. The fourth-order valence-corrected chi connectivity index (χ4v) is 2.36. The van der Waals surface area contributed by atoms with E-state index >= 15 is 0 Å². The Hall–Kier alpha value is -1.92. The summed E-state index contributed by atoms with van der Waals surface area (Å²) < 4.78 is 13.1. The molecule has 3 rings (SSSR count). The summed E-state index contributed by atoms with van der Waals surface area (Å²) in [5, 5.41) is 12.7. The zero-order chi connectivity index (χ0) is 14.1. The van der Waals surface area contributed by atoms with Crippen molar-refractivity contribution in [2.75, 3.05) is 11.9 Å². The van der Waals surface area contributed by atoms with Gasteiger partial charge in [0.15, 0.2) is 5.69 Å². The molecule has 0 spiro atoms. The number of nitrogens with zero attached hydrogens (tertiary/aromatic N) is 1. The Bertz CT molecular complexity index is 670. The Morgan fingerprint density at radius 2 is 2.30 bits per heavy atom. The minimum atomic E-state index is -0.522. The molecule has 0 saturated carbocycles. The second-order valence-electron chi connectivity index (χ2n) is 4.54. The molecule has 2 heterocycles. The average Bonchev–Trinajstić information content (AvgIpc) is 2.87. The molecule has 1 aliphatic heterocycles. The maximum absolute atomic E-state index is 13.1. The predicted octanol–water partition coefficient (Wildman–Crippen LogP) is 2.10. The fraction of sp³-hybridized carbons (Fsp3) is 0.231. The van der Waals surface area contributed by atoms with Crippen molar-refractivity contribution in [2.45, 2.75) is 13.0 Å². The lowest BCUT2D eigenvalue weighted by molar-refractivity contribution is 0.102. The number of aromatic nitrogens is 2. The van der Waals surface area contributed by atoms with Gasteiger partial charge in [-0.2, -0.15) is 5.10 Å². The molecule has 1 aromatic heterocycles. The number of nitrogens with one attached hydrogen (secondary N) is 3. The van der Waals surface area contributed by atoms with Gasteiger partial charge in [0.25, 0.3) is 5.91 Å². The van der Waals surface area contributed by atoms with E-state index in [2.05, 4.69) is 20.8 Å². The van der Waals surface area contributed by atoms with Gasteiger partial charge >= 0.3 is 0 Å². The third kappa shape index (κ3) is 2.39. The lowest BCUT2D eigenvalue weighted by Crippen LogP contribution is -2.25. The van der Waals surface area contributed by atoms with E-state index in [1.54, 1.807) is 0 Å². The van der Waals surface area contributed by atoms with Crippen molar-refractivity contribution in [1.82, 2.24) is 15.5 Å². The van der Waals surface area contributed by atoms with Gasteiger partial charge in [-0.15, -0.1) is 0 Å². The Morgan fingerprint density at radius 1 is 1.45 bits per heavy atom. The van der Waals surface area contributed by atoms with Gasteiger partial charge in [-0.1, -0.05) is 11.6 Å². The van der Waals surface area contributed by atoms with E-state index in [1.807, 2.05) is 0 Å². The summed E-state index contributed by atoms with van der Waals surface area (Å²) in [6.45, 7) is 1.47. The predicted molar refractivity (Wildman–Crippen MR) is 73.4 cm³/mol. The molecule has 0 unspecified atom stereocenters. The zero-order valence-electron chi connectivity index (χ0n) is 10.5. The van der Waals surface area contributed by atoms with Crippen molar-refractivity contribution in [3.05, 3.63) is 46.0 Å². The van der Waals surface area contributed by atoms with Crippen LogP contribution < -0.4 is 10.6 Å². The monoisotopic (exact) mass is 294 g/mol. The molecule has 5 nitrogen and oxygen atoms in total. The van der Waals surface area contributed by atoms with Gasteiger partial charge in [0.2, 0.25) is 0 Å². The first-order valence-corrected chi connectivity index (χ1v) is 6.56. The number of benzene rings is 1. The van der Waals surface area contributed by atoms with Crippen LogP contribution in [0.2, 0.25) is 5.02 Å². The van der Waals surface area contributed by atoms with Gasteiger partial charge in [0, 0.05) is 36.5 Å². The highest BCUT2D eigenvalue weighted by Crippen LogP contribution is 2.21. The van der Waals surface area contributed by atoms with Gasteiger partial charge in [-0.3, -0.25) is 9.89 Å². The molecule has 1 aliphatic rings. The zero-order valence-corrected chi connectivity index (χ0v) is 11.2. The number of halogens is 2. The van der Waals surface area contributed by atoms with Crippen molar-refractivity contribution >= 4 is 23.2 Å². The van der Waals surface area contributed by atoms with E-state index in [1.165, 1.54) is 18.2 Å². The number of amides is 1. The van der Waals surface area contributed by atoms with Crippen LogP contribution in [0.1, 0.15) is 21.7 Å². The van der Waals surface area contributed by atoms with Crippen molar-refractivity contribution < 1.29 is 9.18 Å². The summed E-state index contributed by atoms with van der Waals surface area (Å²) in [6.07, 6.45) is 0.817. The minimum Gasteiger partial charge on any atom is -0.321 e.